The van der Waals surface area contributed by atoms with Crippen LogP contribution < -0.4 is 5.32 Å². The predicted octanol–water partition coefficient (Wildman–Crippen LogP) is 4.79. The van der Waals surface area contributed by atoms with Crippen molar-refractivity contribution < 1.29 is 23.7 Å². The molecule has 0 fully saturated rings. The summed E-state index contributed by atoms with van der Waals surface area (Å²) in [5.74, 6) is -1.12. The zero-order chi connectivity index (χ0) is 24.7. The molecule has 0 spiro atoms. The number of nitro groups is 1. The third-order valence-electron chi connectivity index (χ3n) is 5.51. The van der Waals surface area contributed by atoms with Crippen LogP contribution in [0.2, 0.25) is 0 Å². The maximum Gasteiger partial charge on any atom is 0.271 e. The summed E-state index contributed by atoms with van der Waals surface area (Å²) < 4.78 is 6.42. The van der Waals surface area contributed by atoms with Crippen molar-refractivity contribution in [2.75, 3.05) is 11.9 Å². The summed E-state index contributed by atoms with van der Waals surface area (Å²) >= 11 is 3.29. The lowest BCUT2D eigenvalue weighted by molar-refractivity contribution is -0.384. The molecule has 5 rings (SSSR count). The summed E-state index contributed by atoms with van der Waals surface area (Å²) in [7, 11) is 0. The van der Waals surface area contributed by atoms with Crippen LogP contribution in [0.15, 0.2) is 69.6 Å². The van der Waals surface area contributed by atoms with Crippen molar-refractivity contribution in [3.63, 3.8) is 0 Å². The Morgan fingerprint density at radius 2 is 1.80 bits per heavy atom. The summed E-state index contributed by atoms with van der Waals surface area (Å²) in [5.41, 5.74) is 2.05. The van der Waals surface area contributed by atoms with E-state index in [1.165, 1.54) is 18.2 Å². The van der Waals surface area contributed by atoms with E-state index < -0.39 is 22.6 Å². The van der Waals surface area contributed by atoms with Crippen molar-refractivity contribution in [1.82, 2.24) is 9.88 Å². The van der Waals surface area contributed by atoms with Crippen LogP contribution in [0.3, 0.4) is 0 Å². The molecule has 174 valence electrons. The fourth-order valence-electron chi connectivity index (χ4n) is 3.82. The summed E-state index contributed by atoms with van der Waals surface area (Å²) in [6.07, 6.45) is -0.110. The van der Waals surface area contributed by atoms with Crippen LogP contribution in [0.5, 0.6) is 0 Å². The minimum atomic E-state index is -0.519. The minimum absolute atomic E-state index is 0.0788. The number of carbonyl (C=O) groups is 3. The van der Waals surface area contributed by atoms with Gasteiger partial charge in [0.15, 0.2) is 5.58 Å². The lowest BCUT2D eigenvalue weighted by Crippen LogP contribution is -2.32. The number of nitrogens with zero attached hydrogens (tertiary/aromatic N) is 3. The van der Waals surface area contributed by atoms with Gasteiger partial charge in [0.05, 0.1) is 27.3 Å². The van der Waals surface area contributed by atoms with Gasteiger partial charge < -0.3 is 9.73 Å². The van der Waals surface area contributed by atoms with Gasteiger partial charge in [-0.2, -0.15) is 0 Å². The first-order valence-electron chi connectivity index (χ1n) is 10.4. The normalized spacial score (nSPS) is 12.8. The van der Waals surface area contributed by atoms with Crippen LogP contribution in [0.1, 0.15) is 27.1 Å². The maximum atomic E-state index is 12.7. The van der Waals surface area contributed by atoms with Gasteiger partial charge in [0.25, 0.3) is 17.5 Å². The number of non-ortho nitro benzene ring substituents is 1. The number of oxazole rings is 1. The molecule has 0 unspecified atom stereocenters. The second-order valence-electron chi connectivity index (χ2n) is 7.72. The van der Waals surface area contributed by atoms with Gasteiger partial charge in [0.1, 0.15) is 5.52 Å². The number of nitro benzene ring substituents is 1. The van der Waals surface area contributed by atoms with Gasteiger partial charge in [-0.25, -0.2) is 4.98 Å². The average Bonchev–Trinajstić information content (AvgIpc) is 3.36. The fraction of sp³-hybridized carbons (Fsp3) is 0.0833. The highest BCUT2D eigenvalue weighted by Crippen LogP contribution is 2.32. The molecule has 11 heteroatoms. The van der Waals surface area contributed by atoms with Gasteiger partial charge in [-0.15, -0.1) is 0 Å². The molecule has 4 aromatic rings. The summed E-state index contributed by atoms with van der Waals surface area (Å²) in [6.45, 7) is -0.0788. The third-order valence-corrected chi connectivity index (χ3v) is 6.00. The Morgan fingerprint density at radius 1 is 1.03 bits per heavy atom. The van der Waals surface area contributed by atoms with E-state index in [0.717, 1.165) is 4.90 Å². The van der Waals surface area contributed by atoms with E-state index in [1.54, 1.807) is 42.5 Å². The van der Waals surface area contributed by atoms with Crippen LogP contribution in [0.25, 0.3) is 22.6 Å². The van der Waals surface area contributed by atoms with E-state index in [9.17, 15) is 24.5 Å². The largest absolute Gasteiger partial charge is 0.436 e. The number of imide groups is 1. The number of para-hydroxylation sites is 1. The topological polar surface area (TPSA) is 136 Å². The number of rotatable bonds is 6. The molecule has 0 saturated carbocycles. The standard InChI is InChI=1S/C24H15BrN4O6/c25-13-5-7-15-17(11-13)24(32)28(23(15)31)10-9-21(30)26-18-4-2-1-3-16(18)22-27-19-12-14(29(33)34)6-8-20(19)35-22/h1-8,11-12H,9-10H2,(H,26,30). The number of aromatic nitrogens is 1. The van der Waals surface area contributed by atoms with Crippen LogP contribution in [-0.2, 0) is 4.79 Å². The van der Waals surface area contributed by atoms with Crippen LogP contribution in [-0.4, -0.2) is 39.1 Å². The number of carbonyl (C=O) groups excluding carboxylic acids is 3. The molecule has 0 aliphatic carbocycles. The molecule has 0 radical (unpaired) electrons. The number of benzene rings is 3. The highest BCUT2D eigenvalue weighted by atomic mass is 79.9. The van der Waals surface area contributed by atoms with E-state index in [1.807, 2.05) is 0 Å². The van der Waals surface area contributed by atoms with Crippen LogP contribution in [0.4, 0.5) is 11.4 Å². The van der Waals surface area contributed by atoms with Crippen LogP contribution >= 0.6 is 15.9 Å². The van der Waals surface area contributed by atoms with Gasteiger partial charge in [0.2, 0.25) is 11.8 Å². The highest BCUT2D eigenvalue weighted by Gasteiger charge is 2.35. The summed E-state index contributed by atoms with van der Waals surface area (Å²) in [5, 5.41) is 13.8. The number of amides is 3. The molecule has 1 N–H and O–H groups in total. The zero-order valence-electron chi connectivity index (χ0n) is 17.9. The Balaban J connectivity index is 1.32. The number of anilines is 1. The molecule has 3 aromatic carbocycles. The number of hydrogen-bond acceptors (Lipinski definition) is 7. The molecule has 1 aliphatic rings. The van der Waals surface area contributed by atoms with Crippen LogP contribution in [0, 0.1) is 10.1 Å². The average molecular weight is 535 g/mol. The molecule has 3 amide bonds. The van der Waals surface area contributed by atoms with Crippen molar-refractivity contribution in [1.29, 1.82) is 0 Å². The summed E-state index contributed by atoms with van der Waals surface area (Å²) in [4.78, 5) is 53.8. The number of fused-ring (bicyclic) bond motifs is 2. The summed E-state index contributed by atoms with van der Waals surface area (Å²) in [6, 6.07) is 15.7. The molecule has 2 heterocycles. The van der Waals surface area contributed by atoms with Crippen molar-refractivity contribution >= 4 is 56.1 Å². The van der Waals surface area contributed by atoms with E-state index in [2.05, 4.69) is 26.2 Å². The first kappa shape index (κ1) is 22.4. The Kier molecular flexibility index (Phi) is 5.61. The third kappa shape index (κ3) is 4.17. The van der Waals surface area contributed by atoms with Gasteiger partial charge in [-0.3, -0.25) is 29.4 Å². The van der Waals surface area contributed by atoms with Crippen molar-refractivity contribution in [2.45, 2.75) is 6.42 Å². The Morgan fingerprint density at radius 3 is 2.60 bits per heavy atom. The van der Waals surface area contributed by atoms with Gasteiger partial charge in [-0.05, 0) is 36.4 Å². The molecule has 0 bridgehead atoms. The smallest absolute Gasteiger partial charge is 0.271 e. The second-order valence-corrected chi connectivity index (χ2v) is 8.64. The first-order chi connectivity index (χ1) is 16.8. The first-order valence-corrected chi connectivity index (χ1v) is 11.2. The predicted molar refractivity (Wildman–Crippen MR) is 129 cm³/mol. The fourth-order valence-corrected chi connectivity index (χ4v) is 4.18. The quantitative estimate of drug-likeness (QED) is 0.213. The molecule has 35 heavy (non-hydrogen) atoms. The second kappa shape index (κ2) is 8.76. The monoisotopic (exact) mass is 534 g/mol. The number of hydrogen-bond donors (Lipinski definition) is 1. The molecule has 0 atom stereocenters. The maximum absolute atomic E-state index is 12.7. The van der Waals surface area contributed by atoms with Gasteiger partial charge in [-0.1, -0.05) is 28.1 Å². The molecule has 1 aliphatic heterocycles. The lowest BCUT2D eigenvalue weighted by Gasteiger charge is -2.14. The Hall–Kier alpha value is -4.38. The highest BCUT2D eigenvalue weighted by molar-refractivity contribution is 9.10. The molecule has 1 aromatic heterocycles. The van der Waals surface area contributed by atoms with E-state index in [4.69, 9.17) is 4.42 Å². The van der Waals surface area contributed by atoms with Crippen molar-refractivity contribution in [2.24, 2.45) is 0 Å². The minimum Gasteiger partial charge on any atom is -0.436 e. The Bertz CT molecular complexity index is 1550. The zero-order valence-corrected chi connectivity index (χ0v) is 19.4. The van der Waals surface area contributed by atoms with Gasteiger partial charge >= 0.3 is 0 Å². The molecular formula is C24H15BrN4O6. The van der Waals surface area contributed by atoms with E-state index in [-0.39, 0.29) is 24.5 Å². The van der Waals surface area contributed by atoms with Gasteiger partial charge in [0, 0.05) is 29.6 Å². The number of halogens is 1. The van der Waals surface area contributed by atoms with Crippen molar-refractivity contribution in [3.05, 3.63) is 86.4 Å². The van der Waals surface area contributed by atoms with Crippen molar-refractivity contribution in [3.8, 4) is 11.5 Å². The Labute approximate surface area is 205 Å². The van der Waals surface area contributed by atoms with E-state index in [0.29, 0.717) is 38.0 Å². The molecular weight excluding hydrogens is 520 g/mol. The van der Waals surface area contributed by atoms with E-state index >= 15 is 0 Å². The SMILES string of the molecule is O=C(CCN1C(=O)c2ccc(Br)cc2C1=O)Nc1ccccc1-c1nc2cc([N+](=O)[O-])ccc2o1. The molecule has 0 saturated heterocycles. The molecule has 10 nitrogen and oxygen atoms in total. The number of nitrogens with one attached hydrogen (secondary N) is 1. The lowest BCUT2D eigenvalue weighted by atomic mass is 10.1.